The van der Waals surface area contributed by atoms with Crippen LogP contribution in [0.4, 0.5) is 0 Å². The summed E-state index contributed by atoms with van der Waals surface area (Å²) in [7, 11) is 0. The summed E-state index contributed by atoms with van der Waals surface area (Å²) in [5.74, 6) is 1.35. The van der Waals surface area contributed by atoms with E-state index in [4.69, 9.17) is 9.47 Å². The monoisotopic (exact) mass is 400 g/mol. The number of hydrogen-bond donors (Lipinski definition) is 2. The molecule has 0 spiro atoms. The van der Waals surface area contributed by atoms with E-state index in [0.717, 1.165) is 21.9 Å². The zero-order chi connectivity index (χ0) is 20.8. The topological polar surface area (TPSA) is 58.9 Å². The molecule has 0 aromatic heterocycles. The van der Waals surface area contributed by atoms with Gasteiger partial charge in [0.15, 0.2) is 0 Å². The van der Waals surface area contributed by atoms with Gasteiger partial charge in [0.2, 0.25) is 0 Å². The maximum Gasteiger partial charge on any atom is 0.127 e. The van der Waals surface area contributed by atoms with Crippen LogP contribution in [0.2, 0.25) is 0 Å². The number of fused-ring (bicyclic) bond motifs is 1. The molecule has 0 amide bonds. The number of rotatable bonds is 8. The minimum absolute atomic E-state index is 0.154. The van der Waals surface area contributed by atoms with Crippen molar-refractivity contribution in [3.05, 3.63) is 108 Å². The molecule has 4 aromatic rings. The van der Waals surface area contributed by atoms with Gasteiger partial charge in [-0.2, -0.15) is 0 Å². The van der Waals surface area contributed by atoms with Crippen LogP contribution in [-0.2, 0) is 0 Å². The van der Waals surface area contributed by atoms with Crippen molar-refractivity contribution in [2.45, 2.75) is 12.2 Å². The Morgan fingerprint density at radius 1 is 0.500 bits per heavy atom. The highest BCUT2D eigenvalue weighted by Gasteiger charge is 2.13. The molecule has 4 nitrogen and oxygen atoms in total. The van der Waals surface area contributed by atoms with E-state index in [1.165, 1.54) is 0 Å². The number of hydrogen-bond acceptors (Lipinski definition) is 4. The van der Waals surface area contributed by atoms with Gasteiger partial charge in [-0.15, -0.1) is 0 Å². The summed E-state index contributed by atoms with van der Waals surface area (Å²) >= 11 is 0. The summed E-state index contributed by atoms with van der Waals surface area (Å²) in [5.41, 5.74) is 1.63. The molecule has 0 aliphatic carbocycles. The highest BCUT2D eigenvalue weighted by molar-refractivity contribution is 5.93. The first-order valence-electron chi connectivity index (χ1n) is 9.96. The fourth-order valence-corrected chi connectivity index (χ4v) is 3.38. The van der Waals surface area contributed by atoms with E-state index in [9.17, 15) is 10.2 Å². The zero-order valence-corrected chi connectivity index (χ0v) is 16.5. The van der Waals surface area contributed by atoms with Crippen LogP contribution in [0.5, 0.6) is 11.5 Å². The zero-order valence-electron chi connectivity index (χ0n) is 16.5. The average molecular weight is 400 g/mol. The second-order valence-electron chi connectivity index (χ2n) is 7.08. The Morgan fingerprint density at radius 3 is 1.27 bits per heavy atom. The summed E-state index contributed by atoms with van der Waals surface area (Å²) in [6.45, 7) is 0.307. The van der Waals surface area contributed by atoms with E-state index >= 15 is 0 Å². The van der Waals surface area contributed by atoms with Gasteiger partial charge in [-0.1, -0.05) is 84.9 Å². The Bertz CT molecular complexity index is 992. The van der Waals surface area contributed by atoms with E-state index in [1.54, 1.807) is 0 Å². The molecule has 0 heterocycles. The Hall–Kier alpha value is -3.34. The normalized spacial score (nSPS) is 13.0. The van der Waals surface area contributed by atoms with Crippen LogP contribution in [0.25, 0.3) is 10.8 Å². The SMILES string of the molecule is OC(COc1ccc(OCC(O)c2ccccc2)c2ccccc12)c1ccccc1. The van der Waals surface area contributed by atoms with Crippen LogP contribution in [0, 0.1) is 0 Å². The predicted molar refractivity (Wildman–Crippen MR) is 118 cm³/mol. The lowest BCUT2D eigenvalue weighted by Gasteiger charge is -2.17. The lowest BCUT2D eigenvalue weighted by molar-refractivity contribution is 0.107. The van der Waals surface area contributed by atoms with Crippen LogP contribution in [0.15, 0.2) is 97.1 Å². The van der Waals surface area contributed by atoms with Gasteiger partial charge in [0.05, 0.1) is 0 Å². The molecule has 4 aromatic carbocycles. The highest BCUT2D eigenvalue weighted by atomic mass is 16.5. The Kier molecular flexibility index (Phi) is 6.28. The predicted octanol–water partition coefficient (Wildman–Crippen LogP) is 5.06. The fourth-order valence-electron chi connectivity index (χ4n) is 3.38. The van der Waals surface area contributed by atoms with Crippen molar-refractivity contribution in [1.29, 1.82) is 0 Å². The molecular weight excluding hydrogens is 376 g/mol. The standard InChI is InChI=1S/C26H24O4/c27-23(19-9-3-1-4-10-19)17-29-25-15-16-26(22-14-8-7-13-21(22)25)30-18-24(28)20-11-5-2-6-12-20/h1-16,23-24,27-28H,17-18H2. The van der Waals surface area contributed by atoms with Crippen LogP contribution in [0.3, 0.4) is 0 Å². The van der Waals surface area contributed by atoms with E-state index in [2.05, 4.69) is 0 Å². The van der Waals surface area contributed by atoms with Gasteiger partial charge < -0.3 is 19.7 Å². The average Bonchev–Trinajstić information content (AvgIpc) is 2.82. The van der Waals surface area contributed by atoms with E-state index in [0.29, 0.717) is 11.5 Å². The van der Waals surface area contributed by atoms with Crippen molar-refractivity contribution in [2.75, 3.05) is 13.2 Å². The van der Waals surface area contributed by atoms with Crippen molar-refractivity contribution in [1.82, 2.24) is 0 Å². The van der Waals surface area contributed by atoms with Crippen LogP contribution in [0.1, 0.15) is 23.3 Å². The third kappa shape index (κ3) is 4.62. The van der Waals surface area contributed by atoms with E-state index < -0.39 is 12.2 Å². The molecular formula is C26H24O4. The summed E-state index contributed by atoms with van der Waals surface area (Å²) in [6, 6.07) is 30.4. The van der Waals surface area contributed by atoms with Crippen molar-refractivity contribution in [3.8, 4) is 11.5 Å². The van der Waals surface area contributed by atoms with Crippen LogP contribution < -0.4 is 9.47 Å². The summed E-state index contributed by atoms with van der Waals surface area (Å²) < 4.78 is 11.9. The van der Waals surface area contributed by atoms with Gasteiger partial charge >= 0.3 is 0 Å². The summed E-state index contributed by atoms with van der Waals surface area (Å²) in [6.07, 6.45) is -1.41. The smallest absolute Gasteiger partial charge is 0.127 e. The highest BCUT2D eigenvalue weighted by Crippen LogP contribution is 2.34. The molecule has 0 fully saturated rings. The van der Waals surface area contributed by atoms with Crippen LogP contribution >= 0.6 is 0 Å². The first kappa shape index (κ1) is 20.0. The molecule has 0 saturated carbocycles. The molecule has 4 heteroatoms. The van der Waals surface area contributed by atoms with Crippen molar-refractivity contribution >= 4 is 10.8 Å². The number of aliphatic hydroxyl groups is 2. The van der Waals surface area contributed by atoms with Gasteiger partial charge in [-0.05, 0) is 23.3 Å². The maximum absolute atomic E-state index is 10.4. The van der Waals surface area contributed by atoms with Gasteiger partial charge in [0.25, 0.3) is 0 Å². The van der Waals surface area contributed by atoms with Crippen LogP contribution in [-0.4, -0.2) is 23.4 Å². The molecule has 0 aliphatic rings. The van der Waals surface area contributed by atoms with Crippen molar-refractivity contribution in [2.24, 2.45) is 0 Å². The molecule has 2 N–H and O–H groups in total. The van der Waals surface area contributed by atoms with Gasteiger partial charge in [-0.3, -0.25) is 0 Å². The van der Waals surface area contributed by atoms with E-state index in [-0.39, 0.29) is 13.2 Å². The lowest BCUT2D eigenvalue weighted by Crippen LogP contribution is -2.11. The largest absolute Gasteiger partial charge is 0.490 e. The Morgan fingerprint density at radius 2 is 0.867 bits per heavy atom. The minimum Gasteiger partial charge on any atom is -0.490 e. The van der Waals surface area contributed by atoms with Crippen molar-refractivity contribution < 1.29 is 19.7 Å². The Labute approximate surface area is 176 Å². The molecule has 0 radical (unpaired) electrons. The molecule has 30 heavy (non-hydrogen) atoms. The van der Waals surface area contributed by atoms with Crippen molar-refractivity contribution in [3.63, 3.8) is 0 Å². The molecule has 4 rings (SSSR count). The second kappa shape index (κ2) is 9.44. The molecule has 2 atom stereocenters. The number of benzene rings is 4. The number of ether oxygens (including phenoxy) is 2. The summed E-state index contributed by atoms with van der Waals surface area (Å²) in [4.78, 5) is 0. The van der Waals surface area contributed by atoms with Gasteiger partial charge in [-0.25, -0.2) is 0 Å². The fraction of sp³-hybridized carbons (Fsp3) is 0.154. The van der Waals surface area contributed by atoms with Gasteiger partial charge in [0, 0.05) is 10.8 Å². The maximum atomic E-state index is 10.4. The first-order valence-corrected chi connectivity index (χ1v) is 9.96. The van der Waals surface area contributed by atoms with Gasteiger partial charge in [0.1, 0.15) is 36.9 Å². The molecule has 0 saturated heterocycles. The molecule has 2 unspecified atom stereocenters. The summed E-state index contributed by atoms with van der Waals surface area (Å²) in [5, 5.41) is 22.6. The molecule has 0 bridgehead atoms. The first-order chi connectivity index (χ1) is 14.7. The molecule has 152 valence electrons. The molecule has 0 aliphatic heterocycles. The van der Waals surface area contributed by atoms with E-state index in [1.807, 2.05) is 97.1 Å². The number of aliphatic hydroxyl groups excluding tert-OH is 2. The Balaban J connectivity index is 1.49. The third-order valence-electron chi connectivity index (χ3n) is 5.01. The lowest BCUT2D eigenvalue weighted by atomic mass is 10.1. The second-order valence-corrected chi connectivity index (χ2v) is 7.08. The minimum atomic E-state index is -0.707. The third-order valence-corrected chi connectivity index (χ3v) is 5.01. The quantitative estimate of drug-likeness (QED) is 0.434.